The summed E-state index contributed by atoms with van der Waals surface area (Å²) in [7, 11) is 0. The van der Waals surface area contributed by atoms with Crippen molar-refractivity contribution < 1.29 is 19.4 Å². The van der Waals surface area contributed by atoms with E-state index in [1.165, 1.54) is 18.2 Å². The first kappa shape index (κ1) is 9.83. The average Bonchev–Trinajstić information content (AvgIpc) is 2.15. The summed E-state index contributed by atoms with van der Waals surface area (Å²) in [6.45, 7) is -0.752. The second kappa shape index (κ2) is 4.11. The summed E-state index contributed by atoms with van der Waals surface area (Å²) >= 11 is 0. The molecule has 4 heteroatoms. The zero-order valence-corrected chi connectivity index (χ0v) is 6.77. The summed E-state index contributed by atoms with van der Waals surface area (Å²) in [5.74, 6) is -1.27. The SMILES string of the molecule is O=C(CO)[C@@H](O)c1cccc(F)c1. The van der Waals surface area contributed by atoms with Crippen LogP contribution in [-0.4, -0.2) is 22.6 Å². The molecular formula is C9H9FO3. The number of carbonyl (C=O) groups is 1. The zero-order chi connectivity index (χ0) is 9.84. The fraction of sp³-hybridized carbons (Fsp3) is 0.222. The van der Waals surface area contributed by atoms with Gasteiger partial charge in [-0.25, -0.2) is 4.39 Å². The lowest BCUT2D eigenvalue weighted by molar-refractivity contribution is -0.130. The van der Waals surface area contributed by atoms with E-state index in [4.69, 9.17) is 5.11 Å². The molecular weight excluding hydrogens is 175 g/mol. The summed E-state index contributed by atoms with van der Waals surface area (Å²) in [4.78, 5) is 10.8. The van der Waals surface area contributed by atoms with Gasteiger partial charge in [0.2, 0.25) is 0 Å². The quantitative estimate of drug-likeness (QED) is 0.715. The molecule has 0 radical (unpaired) electrons. The van der Waals surface area contributed by atoms with E-state index in [1.54, 1.807) is 0 Å². The molecule has 1 aromatic rings. The van der Waals surface area contributed by atoms with Crippen LogP contribution in [0.15, 0.2) is 24.3 Å². The molecule has 2 N–H and O–H groups in total. The zero-order valence-electron chi connectivity index (χ0n) is 6.77. The lowest BCUT2D eigenvalue weighted by Gasteiger charge is -2.07. The highest BCUT2D eigenvalue weighted by atomic mass is 19.1. The molecule has 0 amide bonds. The Morgan fingerprint density at radius 1 is 1.54 bits per heavy atom. The average molecular weight is 184 g/mol. The standard InChI is InChI=1S/C9H9FO3/c10-7-3-1-2-6(4-7)9(13)8(12)5-11/h1-4,9,11,13H,5H2/t9-/m0/s1. The minimum atomic E-state index is -1.44. The molecule has 70 valence electrons. The van der Waals surface area contributed by atoms with Gasteiger partial charge in [0.25, 0.3) is 0 Å². The maximum atomic E-state index is 12.6. The molecule has 13 heavy (non-hydrogen) atoms. The molecule has 3 nitrogen and oxygen atoms in total. The van der Waals surface area contributed by atoms with E-state index < -0.39 is 24.3 Å². The lowest BCUT2D eigenvalue weighted by atomic mass is 10.1. The van der Waals surface area contributed by atoms with Crippen LogP contribution in [0.4, 0.5) is 4.39 Å². The van der Waals surface area contributed by atoms with E-state index in [-0.39, 0.29) is 5.56 Å². The molecule has 0 saturated heterocycles. The second-order valence-electron chi connectivity index (χ2n) is 2.58. The van der Waals surface area contributed by atoms with Crippen LogP contribution >= 0.6 is 0 Å². The number of aliphatic hydroxyl groups is 2. The molecule has 0 aliphatic heterocycles. The molecule has 1 atom stereocenters. The number of hydrogen-bond donors (Lipinski definition) is 2. The highest BCUT2D eigenvalue weighted by molar-refractivity contribution is 5.84. The normalized spacial score (nSPS) is 12.5. The van der Waals surface area contributed by atoms with Gasteiger partial charge in [-0.05, 0) is 17.7 Å². The summed E-state index contributed by atoms with van der Waals surface area (Å²) in [5.41, 5.74) is 0.152. The molecule has 0 fully saturated rings. The second-order valence-corrected chi connectivity index (χ2v) is 2.58. The highest BCUT2D eigenvalue weighted by Gasteiger charge is 2.15. The number of hydrogen-bond acceptors (Lipinski definition) is 3. The Labute approximate surface area is 74.4 Å². The van der Waals surface area contributed by atoms with Gasteiger partial charge in [0.15, 0.2) is 5.78 Å². The Bertz CT molecular complexity index is 311. The summed E-state index contributed by atoms with van der Waals surface area (Å²) < 4.78 is 12.6. The Kier molecular flexibility index (Phi) is 3.11. The molecule has 0 aliphatic carbocycles. The van der Waals surface area contributed by atoms with Crippen LogP contribution < -0.4 is 0 Å². The van der Waals surface area contributed by atoms with Crippen molar-refractivity contribution in [3.05, 3.63) is 35.6 Å². The van der Waals surface area contributed by atoms with Crippen molar-refractivity contribution >= 4 is 5.78 Å². The largest absolute Gasteiger partial charge is 0.388 e. The van der Waals surface area contributed by atoms with Crippen LogP contribution in [0.2, 0.25) is 0 Å². The van der Waals surface area contributed by atoms with Gasteiger partial charge >= 0.3 is 0 Å². The predicted molar refractivity (Wildman–Crippen MR) is 43.5 cm³/mol. The molecule has 1 rings (SSSR count). The summed E-state index contributed by atoms with van der Waals surface area (Å²) in [6, 6.07) is 5.07. The van der Waals surface area contributed by atoms with Gasteiger partial charge in [0.1, 0.15) is 18.5 Å². The van der Waals surface area contributed by atoms with Crippen molar-refractivity contribution in [3.8, 4) is 0 Å². The van der Waals surface area contributed by atoms with Crippen molar-refractivity contribution in [1.29, 1.82) is 0 Å². The predicted octanol–water partition coefficient (Wildman–Crippen LogP) is 0.420. The van der Waals surface area contributed by atoms with Crippen molar-refractivity contribution in [1.82, 2.24) is 0 Å². The number of ketones is 1. The van der Waals surface area contributed by atoms with E-state index in [2.05, 4.69) is 0 Å². The van der Waals surface area contributed by atoms with Gasteiger partial charge in [-0.15, -0.1) is 0 Å². The molecule has 0 heterocycles. The Hall–Kier alpha value is -1.26. The van der Waals surface area contributed by atoms with E-state index in [0.717, 1.165) is 6.07 Å². The molecule has 0 aromatic heterocycles. The molecule has 0 aliphatic rings. The molecule has 0 spiro atoms. The molecule has 0 bridgehead atoms. The Morgan fingerprint density at radius 2 is 2.23 bits per heavy atom. The van der Waals surface area contributed by atoms with Crippen LogP contribution in [0.1, 0.15) is 11.7 Å². The maximum absolute atomic E-state index is 12.6. The summed E-state index contributed by atoms with van der Waals surface area (Å²) in [5, 5.41) is 17.7. The fourth-order valence-corrected chi connectivity index (χ4v) is 0.949. The third-order valence-corrected chi connectivity index (χ3v) is 1.63. The molecule has 0 saturated carbocycles. The van der Waals surface area contributed by atoms with Gasteiger partial charge in [0, 0.05) is 0 Å². The Morgan fingerprint density at radius 3 is 2.77 bits per heavy atom. The first-order valence-electron chi connectivity index (χ1n) is 3.72. The van der Waals surface area contributed by atoms with Crippen LogP contribution in [0.3, 0.4) is 0 Å². The number of halogens is 1. The summed E-state index contributed by atoms with van der Waals surface area (Å²) in [6.07, 6.45) is -1.44. The monoisotopic (exact) mass is 184 g/mol. The van der Waals surface area contributed by atoms with Gasteiger partial charge in [-0.3, -0.25) is 4.79 Å². The van der Waals surface area contributed by atoms with Crippen LogP contribution in [0.25, 0.3) is 0 Å². The third-order valence-electron chi connectivity index (χ3n) is 1.63. The number of rotatable bonds is 3. The molecule has 0 unspecified atom stereocenters. The van der Waals surface area contributed by atoms with Crippen LogP contribution in [0.5, 0.6) is 0 Å². The number of Topliss-reactive ketones (excluding diaryl/α,β-unsaturated/α-hetero) is 1. The van der Waals surface area contributed by atoms with Gasteiger partial charge in [0.05, 0.1) is 0 Å². The topological polar surface area (TPSA) is 57.5 Å². The van der Waals surface area contributed by atoms with Crippen molar-refractivity contribution in [2.45, 2.75) is 6.10 Å². The number of benzene rings is 1. The smallest absolute Gasteiger partial charge is 0.191 e. The Balaban J connectivity index is 2.88. The third kappa shape index (κ3) is 2.34. The van der Waals surface area contributed by atoms with Gasteiger partial charge in [-0.2, -0.15) is 0 Å². The van der Waals surface area contributed by atoms with Crippen molar-refractivity contribution in [3.63, 3.8) is 0 Å². The van der Waals surface area contributed by atoms with Crippen molar-refractivity contribution in [2.75, 3.05) is 6.61 Å². The minimum Gasteiger partial charge on any atom is -0.388 e. The van der Waals surface area contributed by atoms with E-state index in [1.807, 2.05) is 0 Å². The fourth-order valence-electron chi connectivity index (χ4n) is 0.949. The van der Waals surface area contributed by atoms with Crippen LogP contribution in [-0.2, 0) is 4.79 Å². The molecule has 1 aromatic carbocycles. The number of carbonyl (C=O) groups excluding carboxylic acids is 1. The van der Waals surface area contributed by atoms with Gasteiger partial charge < -0.3 is 10.2 Å². The van der Waals surface area contributed by atoms with Crippen LogP contribution in [0, 0.1) is 5.82 Å². The van der Waals surface area contributed by atoms with Crippen molar-refractivity contribution in [2.24, 2.45) is 0 Å². The maximum Gasteiger partial charge on any atom is 0.191 e. The first-order valence-corrected chi connectivity index (χ1v) is 3.72. The highest BCUT2D eigenvalue weighted by Crippen LogP contribution is 2.14. The van der Waals surface area contributed by atoms with E-state index in [9.17, 15) is 14.3 Å². The lowest BCUT2D eigenvalue weighted by Crippen LogP contribution is -2.15. The van der Waals surface area contributed by atoms with E-state index >= 15 is 0 Å². The van der Waals surface area contributed by atoms with E-state index in [0.29, 0.717) is 0 Å². The van der Waals surface area contributed by atoms with Gasteiger partial charge in [-0.1, -0.05) is 12.1 Å². The minimum absolute atomic E-state index is 0.152. The first-order chi connectivity index (χ1) is 6.15. The number of aliphatic hydroxyl groups excluding tert-OH is 2.